The lowest BCUT2D eigenvalue weighted by molar-refractivity contribution is 0.670. The second-order valence-electron chi connectivity index (χ2n) is 10.9. The van der Waals surface area contributed by atoms with E-state index < -0.39 is 0 Å². The standard InChI is InChI=1S/C35H39NOS2/c1-4-6-8-10-12-26-16-20-32(38-26)24-14-18-28-30(22-24)36(3)34-29-19-15-25(23-31(29)37-35(28)34)33-21-17-27(39-33)13-11-9-7-5-2/h14-23H,4-13H2,1-3H3. The van der Waals surface area contributed by atoms with Crippen LogP contribution in [-0.4, -0.2) is 4.57 Å². The molecular weight excluding hydrogens is 515 g/mol. The van der Waals surface area contributed by atoms with E-state index in [1.54, 1.807) is 0 Å². The van der Waals surface area contributed by atoms with Crippen LogP contribution in [0.2, 0.25) is 0 Å². The molecule has 6 rings (SSSR count). The smallest absolute Gasteiger partial charge is 0.161 e. The van der Waals surface area contributed by atoms with Crippen molar-refractivity contribution in [2.75, 3.05) is 0 Å². The number of hydrogen-bond acceptors (Lipinski definition) is 3. The van der Waals surface area contributed by atoms with Crippen molar-refractivity contribution in [3.05, 3.63) is 70.4 Å². The minimum Gasteiger partial charge on any atom is -0.454 e. The first kappa shape index (κ1) is 26.4. The lowest BCUT2D eigenvalue weighted by Gasteiger charge is -2.03. The molecule has 39 heavy (non-hydrogen) atoms. The van der Waals surface area contributed by atoms with Gasteiger partial charge in [0.05, 0.1) is 11.0 Å². The largest absolute Gasteiger partial charge is 0.454 e. The van der Waals surface area contributed by atoms with Crippen LogP contribution in [-0.2, 0) is 19.9 Å². The number of aryl methyl sites for hydroxylation is 3. The van der Waals surface area contributed by atoms with Crippen LogP contribution in [0.3, 0.4) is 0 Å². The Morgan fingerprint density at radius 1 is 0.641 bits per heavy atom. The van der Waals surface area contributed by atoms with Crippen molar-refractivity contribution >= 4 is 55.6 Å². The lowest BCUT2D eigenvalue weighted by Crippen LogP contribution is -1.87. The Kier molecular flexibility index (Phi) is 7.95. The quantitative estimate of drug-likeness (QED) is 0.138. The molecule has 0 spiro atoms. The minimum atomic E-state index is 0.975. The topological polar surface area (TPSA) is 18.1 Å². The Balaban J connectivity index is 1.27. The molecule has 0 saturated carbocycles. The number of unbranched alkanes of at least 4 members (excludes halogenated alkanes) is 6. The van der Waals surface area contributed by atoms with E-state index in [0.29, 0.717) is 0 Å². The first-order chi connectivity index (χ1) is 19.2. The van der Waals surface area contributed by atoms with Crippen molar-refractivity contribution in [3.63, 3.8) is 0 Å². The van der Waals surface area contributed by atoms with E-state index in [1.165, 1.54) is 117 Å². The first-order valence-electron chi connectivity index (χ1n) is 14.8. The van der Waals surface area contributed by atoms with Crippen LogP contribution in [0.5, 0.6) is 0 Å². The van der Waals surface area contributed by atoms with Crippen LogP contribution in [0.15, 0.2) is 65.1 Å². The summed E-state index contributed by atoms with van der Waals surface area (Å²) in [6.07, 6.45) is 12.9. The van der Waals surface area contributed by atoms with E-state index in [4.69, 9.17) is 4.42 Å². The monoisotopic (exact) mass is 553 g/mol. The van der Waals surface area contributed by atoms with E-state index in [0.717, 1.165) is 11.2 Å². The average molecular weight is 554 g/mol. The molecule has 0 radical (unpaired) electrons. The summed E-state index contributed by atoms with van der Waals surface area (Å²) < 4.78 is 8.87. The summed E-state index contributed by atoms with van der Waals surface area (Å²) >= 11 is 3.87. The SMILES string of the molecule is CCCCCCc1ccc(-c2ccc3c(c2)oc2c4ccc(-c5ccc(CCCCCC)s5)cc4n(C)c32)s1. The van der Waals surface area contributed by atoms with Gasteiger partial charge in [-0.05, 0) is 85.3 Å². The molecule has 2 aromatic carbocycles. The number of nitrogens with zero attached hydrogens (tertiary/aromatic N) is 1. The summed E-state index contributed by atoms with van der Waals surface area (Å²) in [4.78, 5) is 5.67. The van der Waals surface area contributed by atoms with E-state index >= 15 is 0 Å². The normalized spacial score (nSPS) is 12.0. The van der Waals surface area contributed by atoms with Crippen LogP contribution in [0.1, 0.15) is 75.0 Å². The Morgan fingerprint density at radius 3 is 1.85 bits per heavy atom. The van der Waals surface area contributed by atoms with Crippen molar-refractivity contribution in [3.8, 4) is 20.9 Å². The summed E-state index contributed by atoms with van der Waals surface area (Å²) in [7, 11) is 2.18. The Bertz CT molecular complexity index is 1700. The Morgan fingerprint density at radius 2 is 1.23 bits per heavy atom. The summed E-state index contributed by atoms with van der Waals surface area (Å²) in [5.74, 6) is 0. The van der Waals surface area contributed by atoms with E-state index in [2.05, 4.69) is 86.1 Å². The fourth-order valence-electron chi connectivity index (χ4n) is 5.81. The fraction of sp³-hybridized carbons (Fsp3) is 0.371. The summed E-state index contributed by atoms with van der Waals surface area (Å²) in [6.45, 7) is 4.55. The lowest BCUT2D eigenvalue weighted by atomic mass is 10.1. The van der Waals surface area contributed by atoms with Gasteiger partial charge in [0.25, 0.3) is 0 Å². The molecular formula is C35H39NOS2. The van der Waals surface area contributed by atoms with Gasteiger partial charge in [0, 0.05) is 37.3 Å². The molecule has 2 nitrogen and oxygen atoms in total. The van der Waals surface area contributed by atoms with E-state index in [9.17, 15) is 0 Å². The third-order valence-electron chi connectivity index (χ3n) is 8.05. The van der Waals surface area contributed by atoms with Gasteiger partial charge in [-0.25, -0.2) is 0 Å². The molecule has 0 bridgehead atoms. The molecule has 6 aromatic rings. The number of benzene rings is 2. The maximum absolute atomic E-state index is 6.55. The summed E-state index contributed by atoms with van der Waals surface area (Å²) in [5, 5.41) is 2.38. The van der Waals surface area contributed by atoms with Crippen LogP contribution in [0, 0.1) is 0 Å². The van der Waals surface area contributed by atoms with Crippen LogP contribution >= 0.6 is 22.7 Å². The molecule has 0 saturated heterocycles. The first-order valence-corrected chi connectivity index (χ1v) is 16.4. The van der Waals surface area contributed by atoms with Crippen LogP contribution in [0.4, 0.5) is 0 Å². The highest BCUT2D eigenvalue weighted by Gasteiger charge is 2.18. The molecule has 4 heteroatoms. The van der Waals surface area contributed by atoms with Crippen molar-refractivity contribution in [2.45, 2.75) is 78.1 Å². The second-order valence-corrected chi connectivity index (χ2v) is 13.3. The zero-order valence-electron chi connectivity index (χ0n) is 23.5. The predicted molar refractivity (Wildman–Crippen MR) is 173 cm³/mol. The zero-order chi connectivity index (χ0) is 26.8. The summed E-state index contributed by atoms with van der Waals surface area (Å²) in [5.41, 5.74) is 6.94. The molecule has 4 heterocycles. The molecule has 0 aliphatic rings. The third-order valence-corrected chi connectivity index (χ3v) is 10.4. The molecule has 202 valence electrons. The number of aromatic nitrogens is 1. The van der Waals surface area contributed by atoms with Gasteiger partial charge in [0.1, 0.15) is 5.58 Å². The molecule has 4 aromatic heterocycles. The van der Waals surface area contributed by atoms with Gasteiger partial charge in [0.2, 0.25) is 0 Å². The highest BCUT2D eigenvalue weighted by atomic mass is 32.1. The average Bonchev–Trinajstić information content (AvgIpc) is 3.74. The van der Waals surface area contributed by atoms with E-state index in [-0.39, 0.29) is 0 Å². The van der Waals surface area contributed by atoms with E-state index in [1.807, 2.05) is 22.7 Å². The highest BCUT2D eigenvalue weighted by Crippen LogP contribution is 2.40. The molecule has 0 fully saturated rings. The zero-order valence-corrected chi connectivity index (χ0v) is 25.1. The van der Waals surface area contributed by atoms with Crippen molar-refractivity contribution in [1.29, 1.82) is 0 Å². The fourth-order valence-corrected chi connectivity index (χ4v) is 7.91. The molecule has 0 unspecified atom stereocenters. The molecule has 0 atom stereocenters. The van der Waals surface area contributed by atoms with Crippen molar-refractivity contribution in [2.24, 2.45) is 7.05 Å². The van der Waals surface area contributed by atoms with Crippen molar-refractivity contribution in [1.82, 2.24) is 4.57 Å². The van der Waals surface area contributed by atoms with Crippen LogP contribution in [0.25, 0.3) is 53.9 Å². The second kappa shape index (κ2) is 11.7. The maximum Gasteiger partial charge on any atom is 0.161 e. The van der Waals surface area contributed by atoms with Gasteiger partial charge in [0.15, 0.2) is 5.58 Å². The molecule has 0 aliphatic carbocycles. The van der Waals surface area contributed by atoms with Gasteiger partial charge in [-0.15, -0.1) is 22.7 Å². The molecule has 0 N–H and O–H groups in total. The van der Waals surface area contributed by atoms with Crippen molar-refractivity contribution < 1.29 is 4.42 Å². The molecule has 0 aliphatic heterocycles. The van der Waals surface area contributed by atoms with Gasteiger partial charge >= 0.3 is 0 Å². The number of thiophene rings is 2. The highest BCUT2D eigenvalue weighted by molar-refractivity contribution is 7.15. The number of rotatable bonds is 12. The van der Waals surface area contributed by atoms with Gasteiger partial charge < -0.3 is 8.98 Å². The van der Waals surface area contributed by atoms with Gasteiger partial charge in [-0.1, -0.05) is 64.5 Å². The van der Waals surface area contributed by atoms with Crippen LogP contribution < -0.4 is 0 Å². The minimum absolute atomic E-state index is 0.975. The predicted octanol–water partition coefficient (Wildman–Crippen LogP) is 11.8. The summed E-state index contributed by atoms with van der Waals surface area (Å²) in [6, 6.07) is 22.8. The Hall–Kier alpha value is -2.82. The van der Waals surface area contributed by atoms with Gasteiger partial charge in [-0.2, -0.15) is 0 Å². The third kappa shape index (κ3) is 5.34. The Labute approximate surface area is 240 Å². The van der Waals surface area contributed by atoms with Gasteiger partial charge in [-0.3, -0.25) is 0 Å². The number of fused-ring (bicyclic) bond motifs is 5. The maximum atomic E-state index is 6.55. The molecule has 0 amide bonds. The number of furan rings is 1. The number of hydrogen-bond donors (Lipinski definition) is 0.